The lowest BCUT2D eigenvalue weighted by atomic mass is 9.87. The predicted octanol–water partition coefficient (Wildman–Crippen LogP) is 4.46. The molecule has 0 spiro atoms. The van der Waals surface area contributed by atoms with Gasteiger partial charge in [-0.3, -0.25) is 4.79 Å². The van der Waals surface area contributed by atoms with Gasteiger partial charge < -0.3 is 10.1 Å². The van der Waals surface area contributed by atoms with Crippen LogP contribution in [-0.4, -0.2) is 11.5 Å². The number of hydrogen-bond donors (Lipinski definition) is 1. The number of nitrogens with one attached hydrogen (secondary N) is 1. The van der Waals surface area contributed by atoms with Crippen LogP contribution in [0.25, 0.3) is 0 Å². The van der Waals surface area contributed by atoms with Crippen LogP contribution < -0.4 is 10.1 Å². The molecule has 2 aromatic rings. The summed E-state index contributed by atoms with van der Waals surface area (Å²) < 4.78 is 5.91. The van der Waals surface area contributed by atoms with Crippen molar-refractivity contribution in [3.05, 3.63) is 65.7 Å². The Kier molecular flexibility index (Phi) is 5.33. The first kappa shape index (κ1) is 18.1. The molecule has 3 nitrogen and oxygen atoms in total. The van der Waals surface area contributed by atoms with Gasteiger partial charge in [0.05, 0.1) is 0 Å². The maximum Gasteiger partial charge on any atom is 0.263 e. The molecule has 0 radical (unpaired) electrons. The highest BCUT2D eigenvalue weighted by Crippen LogP contribution is 2.26. The Labute approximate surface area is 145 Å². The minimum Gasteiger partial charge on any atom is -0.478 e. The SMILES string of the molecule is CC(C)(Oc1ccc(C(C)(C)C)cc1)C(=O)NCc1ccccc1. The molecular formula is C21H27NO2. The first-order valence-electron chi connectivity index (χ1n) is 8.30. The molecule has 0 aromatic heterocycles. The summed E-state index contributed by atoms with van der Waals surface area (Å²) in [6, 6.07) is 17.8. The van der Waals surface area contributed by atoms with E-state index >= 15 is 0 Å². The number of carbonyl (C=O) groups excluding carboxylic acids is 1. The number of carbonyl (C=O) groups is 1. The molecule has 0 bridgehead atoms. The van der Waals surface area contributed by atoms with Crippen molar-refractivity contribution in [2.24, 2.45) is 0 Å². The van der Waals surface area contributed by atoms with Gasteiger partial charge in [-0.1, -0.05) is 63.2 Å². The van der Waals surface area contributed by atoms with E-state index in [4.69, 9.17) is 4.74 Å². The Hall–Kier alpha value is -2.29. The van der Waals surface area contributed by atoms with Gasteiger partial charge in [0.1, 0.15) is 5.75 Å². The summed E-state index contributed by atoms with van der Waals surface area (Å²) in [5.74, 6) is 0.564. The first-order valence-corrected chi connectivity index (χ1v) is 8.30. The van der Waals surface area contributed by atoms with Crippen LogP contribution in [0.3, 0.4) is 0 Å². The van der Waals surface area contributed by atoms with Crippen molar-refractivity contribution in [2.45, 2.75) is 52.2 Å². The smallest absolute Gasteiger partial charge is 0.263 e. The van der Waals surface area contributed by atoms with Crippen molar-refractivity contribution in [1.82, 2.24) is 5.32 Å². The quantitative estimate of drug-likeness (QED) is 0.881. The lowest BCUT2D eigenvalue weighted by Crippen LogP contribution is -2.46. The molecule has 3 heteroatoms. The van der Waals surface area contributed by atoms with E-state index in [0.29, 0.717) is 12.3 Å². The van der Waals surface area contributed by atoms with E-state index in [2.05, 4.69) is 26.1 Å². The molecule has 0 saturated heterocycles. The van der Waals surface area contributed by atoms with Crippen LogP contribution in [0.2, 0.25) is 0 Å². The lowest BCUT2D eigenvalue weighted by molar-refractivity contribution is -0.134. The molecule has 0 atom stereocenters. The second-order valence-corrected chi connectivity index (χ2v) is 7.56. The molecule has 24 heavy (non-hydrogen) atoms. The number of rotatable bonds is 5. The molecule has 0 heterocycles. The lowest BCUT2D eigenvalue weighted by Gasteiger charge is -2.26. The van der Waals surface area contributed by atoms with Crippen molar-refractivity contribution >= 4 is 5.91 Å². The third-order valence-electron chi connectivity index (χ3n) is 3.94. The number of benzene rings is 2. The van der Waals surface area contributed by atoms with Gasteiger partial charge in [0.2, 0.25) is 0 Å². The zero-order valence-electron chi connectivity index (χ0n) is 15.2. The van der Waals surface area contributed by atoms with Gasteiger partial charge in [0, 0.05) is 6.54 Å². The van der Waals surface area contributed by atoms with Gasteiger partial charge in [0.25, 0.3) is 5.91 Å². The topological polar surface area (TPSA) is 38.3 Å². The third kappa shape index (κ3) is 4.85. The summed E-state index contributed by atoms with van der Waals surface area (Å²) in [5.41, 5.74) is 1.47. The maximum absolute atomic E-state index is 12.4. The Morgan fingerprint density at radius 2 is 1.50 bits per heavy atom. The van der Waals surface area contributed by atoms with E-state index in [-0.39, 0.29) is 11.3 Å². The van der Waals surface area contributed by atoms with Gasteiger partial charge >= 0.3 is 0 Å². The Bertz CT molecular complexity index is 667. The minimum atomic E-state index is -0.933. The molecule has 0 aliphatic carbocycles. The summed E-state index contributed by atoms with van der Waals surface area (Å²) in [6.45, 7) is 10.6. The summed E-state index contributed by atoms with van der Waals surface area (Å²) in [4.78, 5) is 12.4. The van der Waals surface area contributed by atoms with Crippen LogP contribution in [0, 0.1) is 0 Å². The molecule has 128 valence electrons. The summed E-state index contributed by atoms with van der Waals surface area (Å²) >= 11 is 0. The first-order chi connectivity index (χ1) is 11.2. The zero-order valence-corrected chi connectivity index (χ0v) is 15.2. The largest absolute Gasteiger partial charge is 0.478 e. The monoisotopic (exact) mass is 325 g/mol. The average Bonchev–Trinajstić information content (AvgIpc) is 2.53. The molecule has 0 unspecified atom stereocenters. The summed E-state index contributed by atoms with van der Waals surface area (Å²) in [5, 5.41) is 2.93. The average molecular weight is 325 g/mol. The van der Waals surface area contributed by atoms with Crippen LogP contribution in [0.1, 0.15) is 45.7 Å². The van der Waals surface area contributed by atoms with Gasteiger partial charge in [-0.25, -0.2) is 0 Å². The fourth-order valence-corrected chi connectivity index (χ4v) is 2.36. The molecule has 0 aliphatic heterocycles. The highest BCUT2D eigenvalue weighted by atomic mass is 16.5. The Morgan fingerprint density at radius 1 is 0.917 bits per heavy atom. The second-order valence-electron chi connectivity index (χ2n) is 7.56. The standard InChI is InChI=1S/C21H27NO2/c1-20(2,3)17-11-13-18(14-12-17)24-21(4,5)19(23)22-15-16-9-7-6-8-10-16/h6-14H,15H2,1-5H3,(H,22,23). The predicted molar refractivity (Wildman–Crippen MR) is 98.1 cm³/mol. The molecular weight excluding hydrogens is 298 g/mol. The van der Waals surface area contributed by atoms with Crippen molar-refractivity contribution in [3.8, 4) is 5.75 Å². The summed E-state index contributed by atoms with van der Waals surface area (Å²) in [7, 11) is 0. The fourth-order valence-electron chi connectivity index (χ4n) is 2.36. The Balaban J connectivity index is 1.98. The minimum absolute atomic E-state index is 0.0983. The summed E-state index contributed by atoms with van der Waals surface area (Å²) in [6.07, 6.45) is 0. The second kappa shape index (κ2) is 7.08. The van der Waals surface area contributed by atoms with E-state index in [1.54, 1.807) is 13.8 Å². The third-order valence-corrected chi connectivity index (χ3v) is 3.94. The van der Waals surface area contributed by atoms with Crippen molar-refractivity contribution in [1.29, 1.82) is 0 Å². The van der Waals surface area contributed by atoms with E-state index in [0.717, 1.165) is 5.56 Å². The molecule has 2 rings (SSSR count). The van der Waals surface area contributed by atoms with Crippen molar-refractivity contribution in [3.63, 3.8) is 0 Å². The van der Waals surface area contributed by atoms with Crippen molar-refractivity contribution < 1.29 is 9.53 Å². The fraction of sp³-hybridized carbons (Fsp3) is 0.381. The highest BCUT2D eigenvalue weighted by molar-refractivity contribution is 5.84. The van der Waals surface area contributed by atoms with Crippen LogP contribution in [-0.2, 0) is 16.8 Å². The van der Waals surface area contributed by atoms with Crippen molar-refractivity contribution in [2.75, 3.05) is 0 Å². The van der Waals surface area contributed by atoms with E-state index in [9.17, 15) is 4.79 Å². The van der Waals surface area contributed by atoms with Gasteiger partial charge in [-0.2, -0.15) is 0 Å². The van der Waals surface area contributed by atoms with Gasteiger partial charge in [-0.15, -0.1) is 0 Å². The number of amides is 1. The molecule has 2 aromatic carbocycles. The van der Waals surface area contributed by atoms with E-state index in [1.807, 2.05) is 54.6 Å². The highest BCUT2D eigenvalue weighted by Gasteiger charge is 2.29. The van der Waals surface area contributed by atoms with Crippen LogP contribution in [0.4, 0.5) is 0 Å². The molecule has 0 aliphatic rings. The normalized spacial score (nSPS) is 11.9. The van der Waals surface area contributed by atoms with Gasteiger partial charge in [0.15, 0.2) is 5.60 Å². The van der Waals surface area contributed by atoms with E-state index in [1.165, 1.54) is 5.56 Å². The van der Waals surface area contributed by atoms with E-state index < -0.39 is 5.60 Å². The van der Waals surface area contributed by atoms with Crippen LogP contribution in [0.15, 0.2) is 54.6 Å². The number of ether oxygens (including phenoxy) is 1. The molecule has 0 saturated carbocycles. The van der Waals surface area contributed by atoms with Gasteiger partial charge in [-0.05, 0) is 42.5 Å². The molecule has 1 amide bonds. The Morgan fingerprint density at radius 3 is 2.04 bits per heavy atom. The molecule has 1 N–H and O–H groups in total. The molecule has 0 fully saturated rings. The number of hydrogen-bond acceptors (Lipinski definition) is 2. The maximum atomic E-state index is 12.4. The van der Waals surface area contributed by atoms with Crippen LogP contribution in [0.5, 0.6) is 5.75 Å². The zero-order chi connectivity index (χ0) is 17.8. The van der Waals surface area contributed by atoms with Crippen LogP contribution >= 0.6 is 0 Å².